The first kappa shape index (κ1) is 11.2. The van der Waals surface area contributed by atoms with Crippen LogP contribution in [0.25, 0.3) is 0 Å². The standard InChI is InChI=1S/C8H12BrN3O2/c1-8(2,3)6-5(12(13)14)7(9)11(4)10-6/h1-4H3. The third-order valence-corrected chi connectivity index (χ3v) is 2.74. The molecule has 1 heterocycles. The van der Waals surface area contributed by atoms with Gasteiger partial charge in [0.05, 0.1) is 4.92 Å². The normalized spacial score (nSPS) is 11.8. The third kappa shape index (κ3) is 1.79. The van der Waals surface area contributed by atoms with Crippen molar-refractivity contribution in [2.75, 3.05) is 0 Å². The minimum absolute atomic E-state index is 0.0556. The van der Waals surface area contributed by atoms with E-state index >= 15 is 0 Å². The van der Waals surface area contributed by atoms with Crippen LogP contribution in [0.4, 0.5) is 5.69 Å². The van der Waals surface area contributed by atoms with Crippen molar-refractivity contribution in [2.24, 2.45) is 7.05 Å². The molecule has 0 radical (unpaired) electrons. The number of hydrogen-bond acceptors (Lipinski definition) is 3. The van der Waals surface area contributed by atoms with E-state index in [1.54, 1.807) is 7.05 Å². The fourth-order valence-electron chi connectivity index (χ4n) is 1.16. The second-order valence-electron chi connectivity index (χ2n) is 4.12. The Morgan fingerprint density at radius 2 is 2.00 bits per heavy atom. The van der Waals surface area contributed by atoms with Crippen LogP contribution in [0.1, 0.15) is 26.5 Å². The minimum atomic E-state index is -0.405. The topological polar surface area (TPSA) is 61.0 Å². The summed E-state index contributed by atoms with van der Waals surface area (Å²) in [7, 11) is 1.67. The van der Waals surface area contributed by atoms with Gasteiger partial charge in [-0.25, -0.2) is 0 Å². The van der Waals surface area contributed by atoms with Crippen molar-refractivity contribution in [1.29, 1.82) is 0 Å². The molecule has 0 atom stereocenters. The summed E-state index contributed by atoms with van der Waals surface area (Å²) < 4.78 is 1.88. The molecule has 14 heavy (non-hydrogen) atoms. The number of nitro groups is 1. The highest BCUT2D eigenvalue weighted by Crippen LogP contribution is 2.35. The second-order valence-corrected chi connectivity index (χ2v) is 4.87. The maximum atomic E-state index is 10.8. The largest absolute Gasteiger partial charge is 0.325 e. The lowest BCUT2D eigenvalue weighted by atomic mass is 9.91. The van der Waals surface area contributed by atoms with Crippen molar-refractivity contribution in [3.63, 3.8) is 0 Å². The van der Waals surface area contributed by atoms with E-state index in [1.165, 1.54) is 4.68 Å². The van der Waals surface area contributed by atoms with E-state index in [0.29, 0.717) is 10.3 Å². The lowest BCUT2D eigenvalue weighted by molar-refractivity contribution is -0.386. The van der Waals surface area contributed by atoms with Gasteiger partial charge in [-0.05, 0) is 15.9 Å². The molecule has 1 aromatic heterocycles. The van der Waals surface area contributed by atoms with Crippen molar-refractivity contribution in [3.8, 4) is 0 Å². The zero-order chi connectivity index (χ0) is 11.1. The van der Waals surface area contributed by atoms with Gasteiger partial charge >= 0.3 is 5.69 Å². The molecule has 0 spiro atoms. The molecule has 1 rings (SSSR count). The van der Waals surface area contributed by atoms with E-state index in [1.807, 2.05) is 20.8 Å². The van der Waals surface area contributed by atoms with Crippen molar-refractivity contribution in [2.45, 2.75) is 26.2 Å². The van der Waals surface area contributed by atoms with Gasteiger partial charge in [0, 0.05) is 12.5 Å². The molecular weight excluding hydrogens is 250 g/mol. The summed E-state index contributed by atoms with van der Waals surface area (Å²) in [5, 5.41) is 15.0. The van der Waals surface area contributed by atoms with Crippen molar-refractivity contribution in [1.82, 2.24) is 9.78 Å². The molecule has 78 valence electrons. The number of halogens is 1. The van der Waals surface area contributed by atoms with Crippen LogP contribution in [0.3, 0.4) is 0 Å². The SMILES string of the molecule is Cn1nc(C(C)(C)C)c([N+](=O)[O-])c1Br. The predicted molar refractivity (Wildman–Crippen MR) is 56.3 cm³/mol. The maximum Gasteiger partial charge on any atom is 0.325 e. The summed E-state index contributed by atoms with van der Waals surface area (Å²) in [4.78, 5) is 10.4. The van der Waals surface area contributed by atoms with Crippen LogP contribution in [-0.2, 0) is 12.5 Å². The number of hydrogen-bond donors (Lipinski definition) is 0. The van der Waals surface area contributed by atoms with E-state index in [-0.39, 0.29) is 11.1 Å². The number of nitrogens with zero attached hydrogens (tertiary/aromatic N) is 3. The molecule has 0 saturated heterocycles. The summed E-state index contributed by atoms with van der Waals surface area (Å²) >= 11 is 3.15. The van der Waals surface area contributed by atoms with E-state index < -0.39 is 4.92 Å². The van der Waals surface area contributed by atoms with Gasteiger partial charge in [0.2, 0.25) is 0 Å². The minimum Gasteiger partial charge on any atom is -0.258 e. The Hall–Kier alpha value is -0.910. The Morgan fingerprint density at radius 1 is 1.50 bits per heavy atom. The molecule has 0 amide bonds. The van der Waals surface area contributed by atoms with Gasteiger partial charge in [-0.3, -0.25) is 14.8 Å². The zero-order valence-corrected chi connectivity index (χ0v) is 10.1. The fraction of sp³-hybridized carbons (Fsp3) is 0.625. The lowest BCUT2D eigenvalue weighted by Gasteiger charge is -2.13. The molecule has 0 saturated carbocycles. The maximum absolute atomic E-state index is 10.8. The van der Waals surface area contributed by atoms with Gasteiger partial charge < -0.3 is 0 Å². The summed E-state index contributed by atoms with van der Waals surface area (Å²) in [6, 6.07) is 0. The Bertz CT molecular complexity index is 379. The van der Waals surface area contributed by atoms with Crippen LogP contribution in [0, 0.1) is 10.1 Å². The Morgan fingerprint density at radius 3 is 2.29 bits per heavy atom. The summed E-state index contributed by atoms with van der Waals surface area (Å²) in [6.07, 6.45) is 0. The number of aryl methyl sites for hydroxylation is 1. The van der Waals surface area contributed by atoms with E-state index in [4.69, 9.17) is 0 Å². The number of aromatic nitrogens is 2. The summed E-state index contributed by atoms with van der Waals surface area (Å²) in [5.41, 5.74) is 0.225. The molecule has 0 unspecified atom stereocenters. The van der Waals surface area contributed by atoms with Gasteiger partial charge in [-0.2, -0.15) is 5.10 Å². The molecule has 1 aromatic rings. The molecule has 6 heteroatoms. The fourth-order valence-corrected chi connectivity index (χ4v) is 1.57. The highest BCUT2D eigenvalue weighted by molar-refractivity contribution is 9.10. The first-order valence-corrected chi connectivity index (χ1v) is 4.92. The van der Waals surface area contributed by atoms with Crippen LogP contribution >= 0.6 is 15.9 Å². The Labute approximate surface area is 90.4 Å². The lowest BCUT2D eigenvalue weighted by Crippen LogP contribution is -2.14. The first-order chi connectivity index (χ1) is 6.25. The molecule has 0 aliphatic rings. The average Bonchev–Trinajstić information content (AvgIpc) is 2.27. The highest BCUT2D eigenvalue weighted by Gasteiger charge is 2.32. The van der Waals surface area contributed by atoms with Crippen molar-refractivity contribution in [3.05, 3.63) is 20.4 Å². The summed E-state index contributed by atoms with van der Waals surface area (Å²) in [5.74, 6) is 0. The summed E-state index contributed by atoms with van der Waals surface area (Å²) in [6.45, 7) is 5.69. The van der Waals surface area contributed by atoms with Crippen molar-refractivity contribution < 1.29 is 4.92 Å². The number of rotatable bonds is 1. The van der Waals surface area contributed by atoms with Crippen molar-refractivity contribution >= 4 is 21.6 Å². The molecule has 0 N–H and O–H groups in total. The zero-order valence-electron chi connectivity index (χ0n) is 8.54. The molecule has 0 aromatic carbocycles. The Kier molecular flexibility index (Phi) is 2.67. The smallest absolute Gasteiger partial charge is 0.258 e. The van der Waals surface area contributed by atoms with E-state index in [2.05, 4.69) is 21.0 Å². The van der Waals surface area contributed by atoms with Crippen LogP contribution in [0.2, 0.25) is 0 Å². The average molecular weight is 262 g/mol. The first-order valence-electron chi connectivity index (χ1n) is 4.12. The van der Waals surface area contributed by atoms with Crippen LogP contribution in [-0.4, -0.2) is 14.7 Å². The Balaban J connectivity index is 3.45. The molecule has 0 bridgehead atoms. The van der Waals surface area contributed by atoms with Crippen LogP contribution < -0.4 is 0 Å². The molecule has 5 nitrogen and oxygen atoms in total. The molecule has 0 aliphatic carbocycles. The monoisotopic (exact) mass is 261 g/mol. The van der Waals surface area contributed by atoms with E-state index in [9.17, 15) is 10.1 Å². The van der Waals surface area contributed by atoms with Gasteiger partial charge in [0.1, 0.15) is 5.69 Å². The van der Waals surface area contributed by atoms with Gasteiger partial charge in [-0.1, -0.05) is 20.8 Å². The van der Waals surface area contributed by atoms with Gasteiger partial charge in [-0.15, -0.1) is 0 Å². The van der Waals surface area contributed by atoms with Crippen LogP contribution in [0.5, 0.6) is 0 Å². The molecule has 0 fully saturated rings. The van der Waals surface area contributed by atoms with Gasteiger partial charge in [0.15, 0.2) is 4.60 Å². The molecule has 0 aliphatic heterocycles. The third-order valence-electron chi connectivity index (χ3n) is 1.85. The van der Waals surface area contributed by atoms with Gasteiger partial charge in [0.25, 0.3) is 0 Å². The van der Waals surface area contributed by atoms with Crippen LogP contribution in [0.15, 0.2) is 4.60 Å². The quantitative estimate of drug-likeness (QED) is 0.576. The highest BCUT2D eigenvalue weighted by atomic mass is 79.9. The molecular formula is C8H12BrN3O2. The predicted octanol–water partition coefficient (Wildman–Crippen LogP) is 2.39. The van der Waals surface area contributed by atoms with E-state index in [0.717, 1.165) is 0 Å². The second kappa shape index (κ2) is 3.34.